The maximum Gasteiger partial charge on any atom is 1.00 e. The van der Waals surface area contributed by atoms with Crippen LogP contribution in [0.2, 0.25) is 0 Å². The Morgan fingerprint density at radius 3 is 1.54 bits per heavy atom. The van der Waals surface area contributed by atoms with Gasteiger partial charge in [-0.1, -0.05) is 25.3 Å². The predicted octanol–water partition coefficient (Wildman–Crippen LogP) is -2.55. The smallest absolute Gasteiger partial charge is 0.453 e. The second-order valence-corrected chi connectivity index (χ2v) is 1.77. The average Bonchev–Trinajstić information content (AvgIpc) is 2.10. The van der Waals surface area contributed by atoms with Crippen LogP contribution in [0.5, 0.6) is 0 Å². The molecule has 0 N–H and O–H groups in total. The molecular weight excluding hydrogens is 183 g/mol. The van der Waals surface area contributed by atoms with Crippen molar-refractivity contribution in [1.82, 2.24) is 0 Å². The number of hydrogen-bond donors (Lipinski definition) is 0. The minimum Gasteiger partial charge on any atom is -0.453 e. The average molecular weight is 193 g/mol. The van der Waals surface area contributed by atoms with Crippen molar-refractivity contribution in [3.63, 3.8) is 0 Å². The van der Waals surface area contributed by atoms with E-state index >= 15 is 0 Å². The van der Waals surface area contributed by atoms with Crippen molar-refractivity contribution in [2.45, 2.75) is 0 Å². The van der Waals surface area contributed by atoms with Crippen LogP contribution >= 0.6 is 0 Å². The van der Waals surface area contributed by atoms with E-state index in [1.165, 1.54) is 12.2 Å². The fourth-order valence-electron chi connectivity index (χ4n) is 0.387. The second-order valence-electron chi connectivity index (χ2n) is 1.77. The van der Waals surface area contributed by atoms with Crippen molar-refractivity contribution in [2.75, 3.05) is 13.2 Å². The molecule has 0 atom stereocenters. The summed E-state index contributed by atoms with van der Waals surface area (Å²) in [6.07, 6.45) is 2.72. The van der Waals surface area contributed by atoms with Gasteiger partial charge in [0, 0.05) is 0 Å². The van der Waals surface area contributed by atoms with Crippen molar-refractivity contribution in [2.24, 2.45) is 0 Å². The van der Waals surface area contributed by atoms with Gasteiger partial charge in [0.25, 0.3) is 0 Å². The molecule has 0 spiro atoms. The van der Waals surface area contributed by atoms with Crippen LogP contribution < -0.4 is 29.6 Å². The van der Waals surface area contributed by atoms with E-state index in [9.17, 15) is 9.59 Å². The van der Waals surface area contributed by atoms with E-state index in [1.807, 2.05) is 0 Å². The Balaban J connectivity index is 0. The summed E-state index contributed by atoms with van der Waals surface area (Å²) in [6, 6.07) is 0. The molecule has 0 amide bonds. The van der Waals surface area contributed by atoms with Crippen molar-refractivity contribution in [1.29, 1.82) is 0 Å². The Hall–Kier alpha value is -0.580. The van der Waals surface area contributed by atoms with Gasteiger partial charge in [0.15, 0.2) is 0 Å². The van der Waals surface area contributed by atoms with Crippen molar-refractivity contribution < 1.29 is 48.6 Å². The molecule has 13 heavy (non-hydrogen) atoms. The van der Waals surface area contributed by atoms with Gasteiger partial charge < -0.3 is 9.47 Å². The van der Waals surface area contributed by atoms with E-state index in [0.29, 0.717) is 0 Å². The van der Waals surface area contributed by atoms with E-state index in [-0.39, 0.29) is 42.8 Å². The third kappa shape index (κ3) is 7.77. The molecule has 0 unspecified atom stereocenters. The molecule has 0 fully saturated rings. The monoisotopic (exact) mass is 193 g/mol. The number of hydrogen-bond acceptors (Lipinski definition) is 4. The van der Waals surface area contributed by atoms with Gasteiger partial charge >= 0.3 is 41.5 Å². The van der Waals surface area contributed by atoms with Crippen LogP contribution in [-0.2, 0) is 19.1 Å². The summed E-state index contributed by atoms with van der Waals surface area (Å²) < 4.78 is 8.77. The van der Waals surface area contributed by atoms with Crippen LogP contribution in [0, 0.1) is 0 Å². The number of carbonyl (C=O) groups excluding carboxylic acids is 2. The van der Waals surface area contributed by atoms with Crippen LogP contribution in [0.3, 0.4) is 0 Å². The summed E-state index contributed by atoms with van der Waals surface area (Å²) in [5, 5.41) is 0. The molecule has 0 radical (unpaired) electrons. The molecule has 5 heteroatoms. The van der Waals surface area contributed by atoms with Crippen molar-refractivity contribution in [3.05, 3.63) is 25.3 Å². The van der Waals surface area contributed by atoms with Gasteiger partial charge in [-0.2, -0.15) is 0 Å². The van der Waals surface area contributed by atoms with E-state index in [0.717, 1.165) is 0 Å². The summed E-state index contributed by atoms with van der Waals surface area (Å²) >= 11 is 0. The van der Waals surface area contributed by atoms with Crippen LogP contribution in [0.15, 0.2) is 25.3 Å². The zero-order valence-corrected chi connectivity index (χ0v) is 9.62. The normalized spacial score (nSPS) is 7.69. The molecule has 0 aliphatic rings. The predicted molar refractivity (Wildman–Crippen MR) is 42.3 cm³/mol. The number of ether oxygens (including phenoxy) is 2. The minimum absolute atomic E-state index is 0. The third-order valence-corrected chi connectivity index (χ3v) is 0.831. The van der Waals surface area contributed by atoms with Gasteiger partial charge in [-0.05, 0) is 0 Å². The molecule has 0 aliphatic heterocycles. The fourth-order valence-corrected chi connectivity index (χ4v) is 0.387. The minimum atomic E-state index is -1.02. The largest absolute Gasteiger partial charge is 1.00 e. The Labute approximate surface area is 98.9 Å². The Bertz CT molecular complexity index is 178. The molecule has 0 aromatic heterocycles. The van der Waals surface area contributed by atoms with E-state index in [2.05, 4.69) is 22.6 Å². The van der Waals surface area contributed by atoms with Crippen LogP contribution in [0.1, 0.15) is 0 Å². The second kappa shape index (κ2) is 9.51. The molecule has 0 bridgehead atoms. The molecule has 0 aliphatic carbocycles. The number of rotatable bonds is 4. The van der Waals surface area contributed by atoms with Crippen molar-refractivity contribution >= 4 is 11.9 Å². The first-order valence-corrected chi connectivity index (χ1v) is 3.28. The first-order valence-electron chi connectivity index (χ1n) is 3.28. The molecule has 4 nitrogen and oxygen atoms in total. The van der Waals surface area contributed by atoms with E-state index in [1.54, 1.807) is 0 Å². The Kier molecular flexibility index (Phi) is 10.9. The van der Waals surface area contributed by atoms with Gasteiger partial charge in [-0.15, -0.1) is 0 Å². The Morgan fingerprint density at radius 1 is 1.00 bits per heavy atom. The molecule has 0 aromatic rings. The summed E-state index contributed by atoms with van der Waals surface area (Å²) in [7, 11) is 0. The van der Waals surface area contributed by atoms with E-state index in [4.69, 9.17) is 0 Å². The zero-order chi connectivity index (χ0) is 9.40. The summed E-state index contributed by atoms with van der Waals surface area (Å²) in [5.74, 6) is -2.03. The summed E-state index contributed by atoms with van der Waals surface area (Å²) in [4.78, 5) is 21.3. The molecule has 0 rings (SSSR count). The Morgan fingerprint density at radius 2 is 1.31 bits per heavy atom. The molecule has 66 valence electrons. The third-order valence-electron chi connectivity index (χ3n) is 0.831. The van der Waals surface area contributed by atoms with Gasteiger partial charge in [0.05, 0.1) is 0 Å². The van der Waals surface area contributed by atoms with Gasteiger partial charge in [0.1, 0.15) is 13.2 Å². The molecular formula is C8H10NaO4+. The maximum atomic E-state index is 10.6. The maximum absolute atomic E-state index is 10.6. The first kappa shape index (κ1) is 14.9. The fraction of sp³-hybridized carbons (Fsp3) is 0.250. The van der Waals surface area contributed by atoms with Gasteiger partial charge in [0.2, 0.25) is 0 Å². The standard InChI is InChI=1S/C8H10O4.Na/c1-3-5-11-7(9)8(10)12-6-4-2;/h3-4H,1-2,5-6H2;/q;+1. The van der Waals surface area contributed by atoms with Crippen LogP contribution in [0.25, 0.3) is 0 Å². The van der Waals surface area contributed by atoms with Gasteiger partial charge in [-0.3, -0.25) is 0 Å². The number of carbonyl (C=O) groups is 2. The van der Waals surface area contributed by atoms with Crippen LogP contribution in [-0.4, -0.2) is 25.2 Å². The molecule has 0 saturated carbocycles. The number of esters is 2. The molecule has 0 aromatic carbocycles. The summed E-state index contributed by atoms with van der Waals surface area (Å²) in [6.45, 7) is 6.62. The van der Waals surface area contributed by atoms with E-state index < -0.39 is 11.9 Å². The zero-order valence-electron chi connectivity index (χ0n) is 7.62. The topological polar surface area (TPSA) is 52.6 Å². The van der Waals surface area contributed by atoms with Crippen molar-refractivity contribution in [3.8, 4) is 0 Å². The first-order chi connectivity index (χ1) is 5.72. The summed E-state index contributed by atoms with van der Waals surface area (Å²) in [5.41, 5.74) is 0. The van der Waals surface area contributed by atoms with Crippen LogP contribution in [0.4, 0.5) is 0 Å². The van der Waals surface area contributed by atoms with Gasteiger partial charge in [-0.25, -0.2) is 9.59 Å². The SMILES string of the molecule is C=CCOC(=O)C(=O)OCC=C.[Na+]. The quantitative estimate of drug-likeness (QED) is 0.213. The molecule has 0 heterocycles. The molecule has 0 saturated heterocycles.